The first-order chi connectivity index (χ1) is 11.3. The third kappa shape index (κ3) is 3.01. The minimum atomic E-state index is -4.44. The van der Waals surface area contributed by atoms with E-state index in [1.807, 2.05) is 0 Å². The Morgan fingerprint density at radius 1 is 1.25 bits per heavy atom. The zero-order chi connectivity index (χ0) is 17.5. The first-order valence-electron chi connectivity index (χ1n) is 7.59. The molecule has 2 aliphatic rings. The number of rotatable bonds is 4. The third-order valence-corrected chi connectivity index (χ3v) is 6.39. The lowest BCUT2D eigenvalue weighted by molar-refractivity contribution is -0.134. The first-order valence-corrected chi connectivity index (χ1v) is 8.94. The van der Waals surface area contributed by atoms with Gasteiger partial charge < -0.3 is 10.6 Å². The van der Waals surface area contributed by atoms with E-state index >= 15 is 0 Å². The van der Waals surface area contributed by atoms with Crippen LogP contribution in [-0.2, 0) is 11.0 Å². The number of alkyl halides is 4. The number of carbonyl (C=O) groups excluding carboxylic acids is 2. The Labute approximate surface area is 145 Å². The van der Waals surface area contributed by atoms with Gasteiger partial charge in [-0.15, -0.1) is 22.9 Å². The monoisotopic (exact) mass is 380 g/mol. The number of halogens is 4. The fourth-order valence-electron chi connectivity index (χ4n) is 3.55. The van der Waals surface area contributed by atoms with Crippen molar-refractivity contribution in [1.29, 1.82) is 0 Å². The quantitative estimate of drug-likeness (QED) is 0.788. The predicted octanol–water partition coefficient (Wildman–Crippen LogP) is 3.16. The molecule has 2 fully saturated rings. The van der Waals surface area contributed by atoms with Gasteiger partial charge >= 0.3 is 6.18 Å². The molecule has 3 rings (SSSR count). The van der Waals surface area contributed by atoms with Gasteiger partial charge in [0.2, 0.25) is 5.91 Å². The first kappa shape index (κ1) is 17.5. The van der Waals surface area contributed by atoms with E-state index in [9.17, 15) is 22.8 Å². The number of carbonyl (C=O) groups is 2. The Morgan fingerprint density at radius 2 is 1.92 bits per heavy atom. The van der Waals surface area contributed by atoms with Gasteiger partial charge in [0.25, 0.3) is 5.91 Å². The fraction of sp³-hybridized carbons (Fsp3) is 0.600. The Balaban J connectivity index is 1.63. The van der Waals surface area contributed by atoms with Crippen molar-refractivity contribution >= 4 is 34.8 Å². The van der Waals surface area contributed by atoms with E-state index in [1.54, 1.807) is 0 Å². The Kier molecular flexibility index (Phi) is 4.55. The largest absolute Gasteiger partial charge is 0.425 e. The minimum absolute atomic E-state index is 0.0307. The van der Waals surface area contributed by atoms with Gasteiger partial charge in [-0.3, -0.25) is 9.59 Å². The topological polar surface area (TPSA) is 58.2 Å². The molecule has 2 amide bonds. The van der Waals surface area contributed by atoms with Crippen molar-refractivity contribution in [2.24, 2.45) is 5.41 Å². The molecule has 2 saturated carbocycles. The molecule has 4 nitrogen and oxygen atoms in total. The molecule has 1 aromatic heterocycles. The summed E-state index contributed by atoms with van der Waals surface area (Å²) in [6, 6.07) is 1.96. The fourth-order valence-corrected chi connectivity index (χ4v) is 4.40. The highest BCUT2D eigenvalue weighted by atomic mass is 35.5. The standard InChI is InChI=1S/C15H16ClF3N2O2S/c16-7-12(22)20-9-6-10(14(9)4-1-5-14)21-13(23)8-2-3-11(24-8)15(17,18)19/h2-3,9-10H,1,4-7H2,(H,20,22)(H,21,23). The minimum Gasteiger partial charge on any atom is -0.352 e. The molecule has 24 heavy (non-hydrogen) atoms. The van der Waals surface area contributed by atoms with E-state index in [1.165, 1.54) is 6.07 Å². The zero-order valence-electron chi connectivity index (χ0n) is 12.6. The summed E-state index contributed by atoms with van der Waals surface area (Å²) in [5.74, 6) is -0.848. The molecule has 1 aromatic rings. The number of thiophene rings is 1. The van der Waals surface area contributed by atoms with Crippen LogP contribution in [0.3, 0.4) is 0 Å². The van der Waals surface area contributed by atoms with Gasteiger partial charge in [0.1, 0.15) is 10.8 Å². The van der Waals surface area contributed by atoms with E-state index in [2.05, 4.69) is 10.6 Å². The van der Waals surface area contributed by atoms with Crippen molar-refractivity contribution < 1.29 is 22.8 Å². The smallest absolute Gasteiger partial charge is 0.352 e. The summed E-state index contributed by atoms with van der Waals surface area (Å²) in [6.07, 6.45) is -1.10. The summed E-state index contributed by atoms with van der Waals surface area (Å²) in [5.41, 5.74) is -0.179. The van der Waals surface area contributed by atoms with Crippen LogP contribution in [0.4, 0.5) is 13.2 Å². The highest BCUT2D eigenvalue weighted by Crippen LogP contribution is 2.56. The van der Waals surface area contributed by atoms with Crippen LogP contribution in [0.5, 0.6) is 0 Å². The summed E-state index contributed by atoms with van der Waals surface area (Å²) in [6.45, 7) is 0. The Hall–Kier alpha value is -1.28. The van der Waals surface area contributed by atoms with E-state index < -0.39 is 17.0 Å². The van der Waals surface area contributed by atoms with Gasteiger partial charge in [-0.25, -0.2) is 0 Å². The zero-order valence-corrected chi connectivity index (χ0v) is 14.2. The average molecular weight is 381 g/mol. The van der Waals surface area contributed by atoms with Gasteiger partial charge in [-0.05, 0) is 31.4 Å². The summed E-state index contributed by atoms with van der Waals surface area (Å²) in [7, 11) is 0. The molecule has 132 valence electrons. The summed E-state index contributed by atoms with van der Waals surface area (Å²) >= 11 is 5.94. The van der Waals surface area contributed by atoms with Crippen LogP contribution in [0.2, 0.25) is 0 Å². The lowest BCUT2D eigenvalue weighted by Crippen LogP contribution is -2.71. The Morgan fingerprint density at radius 3 is 2.42 bits per heavy atom. The second-order valence-corrected chi connectivity index (χ2v) is 7.61. The van der Waals surface area contributed by atoms with Crippen LogP contribution < -0.4 is 10.6 Å². The molecule has 9 heteroatoms. The van der Waals surface area contributed by atoms with Crippen LogP contribution in [0.25, 0.3) is 0 Å². The SMILES string of the molecule is O=C(CCl)NC1CC(NC(=O)c2ccc(C(F)(F)F)s2)C12CCC2. The highest BCUT2D eigenvalue weighted by Gasteiger charge is 2.59. The molecule has 0 aromatic carbocycles. The average Bonchev–Trinajstić information content (AvgIpc) is 2.93. The van der Waals surface area contributed by atoms with Crippen molar-refractivity contribution in [2.45, 2.75) is 43.9 Å². The Bertz CT molecular complexity index is 657. The van der Waals surface area contributed by atoms with Gasteiger partial charge in [0, 0.05) is 17.5 Å². The van der Waals surface area contributed by atoms with Gasteiger partial charge in [0.15, 0.2) is 0 Å². The highest BCUT2D eigenvalue weighted by molar-refractivity contribution is 7.14. The summed E-state index contributed by atoms with van der Waals surface area (Å²) in [5, 5.41) is 5.69. The van der Waals surface area contributed by atoms with Crippen LogP contribution in [-0.4, -0.2) is 29.8 Å². The van der Waals surface area contributed by atoms with Crippen molar-refractivity contribution in [1.82, 2.24) is 10.6 Å². The number of hydrogen-bond acceptors (Lipinski definition) is 3. The lowest BCUT2D eigenvalue weighted by Gasteiger charge is -2.61. The van der Waals surface area contributed by atoms with E-state index in [0.717, 1.165) is 25.3 Å². The van der Waals surface area contributed by atoms with Crippen molar-refractivity contribution in [3.8, 4) is 0 Å². The van der Waals surface area contributed by atoms with Crippen molar-refractivity contribution in [3.63, 3.8) is 0 Å². The third-order valence-electron chi connectivity index (χ3n) is 5.01. The number of hydrogen-bond donors (Lipinski definition) is 2. The molecule has 2 N–H and O–H groups in total. The second-order valence-electron chi connectivity index (χ2n) is 6.26. The van der Waals surface area contributed by atoms with Gasteiger partial charge in [-0.2, -0.15) is 13.2 Å². The van der Waals surface area contributed by atoms with E-state index in [0.29, 0.717) is 17.8 Å². The summed E-state index contributed by atoms with van der Waals surface area (Å²) in [4.78, 5) is 22.9. The van der Waals surface area contributed by atoms with Crippen molar-refractivity contribution in [3.05, 3.63) is 21.9 Å². The molecular formula is C15H16ClF3N2O2S. The predicted molar refractivity (Wildman–Crippen MR) is 84.1 cm³/mol. The van der Waals surface area contributed by atoms with Crippen LogP contribution >= 0.6 is 22.9 Å². The molecule has 1 spiro atoms. The van der Waals surface area contributed by atoms with Crippen LogP contribution in [0, 0.1) is 5.41 Å². The van der Waals surface area contributed by atoms with E-state index in [-0.39, 0.29) is 34.2 Å². The van der Waals surface area contributed by atoms with Gasteiger partial charge in [-0.1, -0.05) is 6.42 Å². The molecule has 0 saturated heterocycles. The molecule has 0 aliphatic heterocycles. The number of amides is 2. The normalized spacial score (nSPS) is 24.8. The van der Waals surface area contributed by atoms with E-state index in [4.69, 9.17) is 11.6 Å². The molecule has 2 atom stereocenters. The molecule has 1 heterocycles. The maximum atomic E-state index is 12.6. The second kappa shape index (κ2) is 6.22. The molecule has 2 unspecified atom stereocenters. The molecule has 0 radical (unpaired) electrons. The maximum Gasteiger partial charge on any atom is 0.425 e. The van der Waals surface area contributed by atoms with Crippen LogP contribution in [0.15, 0.2) is 12.1 Å². The number of nitrogens with one attached hydrogen (secondary N) is 2. The van der Waals surface area contributed by atoms with Crippen LogP contribution in [0.1, 0.15) is 40.2 Å². The summed E-state index contributed by atoms with van der Waals surface area (Å²) < 4.78 is 37.9. The lowest BCUT2D eigenvalue weighted by atomic mass is 9.50. The molecule has 0 bridgehead atoms. The van der Waals surface area contributed by atoms with Gasteiger partial charge in [0.05, 0.1) is 4.88 Å². The molecular weight excluding hydrogens is 365 g/mol. The molecule has 2 aliphatic carbocycles. The van der Waals surface area contributed by atoms with Crippen molar-refractivity contribution in [2.75, 3.05) is 5.88 Å². The maximum absolute atomic E-state index is 12.6.